The van der Waals surface area contributed by atoms with Crippen LogP contribution in [-0.2, 0) is 0 Å². The van der Waals surface area contributed by atoms with E-state index in [0.717, 1.165) is 18.4 Å². The molecule has 1 aliphatic carbocycles. The summed E-state index contributed by atoms with van der Waals surface area (Å²) in [6.45, 7) is 3.13. The van der Waals surface area contributed by atoms with E-state index in [4.69, 9.17) is 5.73 Å². The van der Waals surface area contributed by atoms with Crippen LogP contribution in [0.5, 0.6) is 0 Å². The molecule has 2 N–H and O–H groups in total. The summed E-state index contributed by atoms with van der Waals surface area (Å²) in [6, 6.07) is 11.1. The first-order valence-electron chi connectivity index (χ1n) is 7.20. The summed E-state index contributed by atoms with van der Waals surface area (Å²) in [5, 5.41) is 0. The van der Waals surface area contributed by atoms with Crippen LogP contribution in [0.2, 0.25) is 0 Å². The maximum atomic E-state index is 6.05. The van der Waals surface area contributed by atoms with Gasteiger partial charge >= 0.3 is 0 Å². The first-order valence-corrected chi connectivity index (χ1v) is 7.20. The Hall–Kier alpha value is -1.02. The molecule has 1 saturated carbocycles. The van der Waals surface area contributed by atoms with E-state index in [1.54, 1.807) is 0 Å². The van der Waals surface area contributed by atoms with Crippen molar-refractivity contribution in [2.24, 2.45) is 17.6 Å². The van der Waals surface area contributed by atoms with Crippen LogP contribution in [0.15, 0.2) is 30.3 Å². The summed E-state index contributed by atoms with van der Waals surface area (Å²) in [6.07, 6.45) is 5.43. The molecular weight excluding hydrogens is 220 g/mol. The van der Waals surface area contributed by atoms with Gasteiger partial charge in [0, 0.05) is 25.3 Å². The highest BCUT2D eigenvalue weighted by Gasteiger charge is 2.28. The lowest BCUT2D eigenvalue weighted by Gasteiger charge is -2.39. The van der Waals surface area contributed by atoms with Crippen LogP contribution in [0.4, 0.5) is 5.69 Å². The Labute approximate surface area is 111 Å². The van der Waals surface area contributed by atoms with Crippen molar-refractivity contribution >= 4 is 5.69 Å². The molecule has 3 atom stereocenters. The number of anilines is 1. The third kappa shape index (κ3) is 3.05. The van der Waals surface area contributed by atoms with Crippen molar-refractivity contribution in [1.82, 2.24) is 0 Å². The highest BCUT2D eigenvalue weighted by molar-refractivity contribution is 5.46. The predicted molar refractivity (Wildman–Crippen MR) is 78.8 cm³/mol. The van der Waals surface area contributed by atoms with Gasteiger partial charge in [0.05, 0.1) is 0 Å². The predicted octanol–water partition coefficient (Wildman–Crippen LogP) is 3.28. The van der Waals surface area contributed by atoms with Gasteiger partial charge in [0.25, 0.3) is 0 Å². The van der Waals surface area contributed by atoms with E-state index >= 15 is 0 Å². The SMILES string of the molecule is CC1CCCC(C(CN)N(C)c2ccccc2)C1. The van der Waals surface area contributed by atoms with Gasteiger partial charge in [-0.3, -0.25) is 0 Å². The van der Waals surface area contributed by atoms with Crippen molar-refractivity contribution in [3.8, 4) is 0 Å². The summed E-state index contributed by atoms with van der Waals surface area (Å²) < 4.78 is 0. The molecule has 100 valence electrons. The average Bonchev–Trinajstić information content (AvgIpc) is 2.40. The molecular formula is C16H26N2. The number of hydrogen-bond donors (Lipinski definition) is 1. The smallest absolute Gasteiger partial charge is 0.0437 e. The second-order valence-corrected chi connectivity index (χ2v) is 5.78. The fourth-order valence-electron chi connectivity index (χ4n) is 3.35. The van der Waals surface area contributed by atoms with Gasteiger partial charge in [0.1, 0.15) is 0 Å². The molecule has 1 aromatic carbocycles. The van der Waals surface area contributed by atoms with E-state index < -0.39 is 0 Å². The minimum atomic E-state index is 0.482. The molecule has 0 radical (unpaired) electrons. The third-order valence-corrected chi connectivity index (χ3v) is 4.42. The van der Waals surface area contributed by atoms with E-state index in [-0.39, 0.29) is 0 Å². The molecule has 0 aliphatic heterocycles. The second-order valence-electron chi connectivity index (χ2n) is 5.78. The van der Waals surface area contributed by atoms with Crippen LogP contribution in [0.25, 0.3) is 0 Å². The lowest BCUT2D eigenvalue weighted by molar-refractivity contribution is 0.245. The summed E-state index contributed by atoms with van der Waals surface area (Å²) in [5.41, 5.74) is 7.33. The number of likely N-dealkylation sites (N-methyl/N-ethyl adjacent to an activating group) is 1. The Morgan fingerprint density at radius 2 is 2.00 bits per heavy atom. The van der Waals surface area contributed by atoms with E-state index in [2.05, 4.69) is 49.2 Å². The van der Waals surface area contributed by atoms with Crippen molar-refractivity contribution in [3.63, 3.8) is 0 Å². The van der Waals surface area contributed by atoms with Gasteiger partial charge in [-0.1, -0.05) is 38.0 Å². The molecule has 0 bridgehead atoms. The molecule has 1 aliphatic rings. The van der Waals surface area contributed by atoms with E-state index in [1.807, 2.05) is 0 Å². The summed E-state index contributed by atoms with van der Waals surface area (Å²) >= 11 is 0. The third-order valence-electron chi connectivity index (χ3n) is 4.42. The number of benzene rings is 1. The Balaban J connectivity index is 2.08. The van der Waals surface area contributed by atoms with Crippen LogP contribution in [-0.4, -0.2) is 19.6 Å². The van der Waals surface area contributed by atoms with Gasteiger partial charge in [-0.15, -0.1) is 0 Å². The molecule has 3 unspecified atom stereocenters. The standard InChI is InChI=1S/C16H26N2/c1-13-7-6-8-14(11-13)16(12-17)18(2)15-9-4-3-5-10-15/h3-5,9-10,13-14,16H,6-8,11-12,17H2,1-2H3. The highest BCUT2D eigenvalue weighted by atomic mass is 15.1. The van der Waals surface area contributed by atoms with Gasteiger partial charge in [-0.25, -0.2) is 0 Å². The first-order chi connectivity index (χ1) is 8.72. The van der Waals surface area contributed by atoms with Crippen LogP contribution in [0.1, 0.15) is 32.6 Å². The van der Waals surface area contributed by atoms with Crippen molar-refractivity contribution in [1.29, 1.82) is 0 Å². The molecule has 18 heavy (non-hydrogen) atoms. The van der Waals surface area contributed by atoms with E-state index in [9.17, 15) is 0 Å². The molecule has 1 aromatic rings. The lowest BCUT2D eigenvalue weighted by Crippen LogP contribution is -2.45. The highest BCUT2D eigenvalue weighted by Crippen LogP contribution is 2.33. The monoisotopic (exact) mass is 246 g/mol. The quantitative estimate of drug-likeness (QED) is 0.883. The van der Waals surface area contributed by atoms with Crippen LogP contribution in [0, 0.1) is 11.8 Å². The average molecular weight is 246 g/mol. The van der Waals surface area contributed by atoms with Gasteiger partial charge < -0.3 is 10.6 Å². The normalized spacial score (nSPS) is 25.7. The van der Waals surface area contributed by atoms with E-state index in [0.29, 0.717) is 6.04 Å². The molecule has 2 nitrogen and oxygen atoms in total. The van der Waals surface area contributed by atoms with Gasteiger partial charge in [-0.05, 0) is 36.8 Å². The molecule has 2 heteroatoms. The van der Waals surface area contributed by atoms with Crippen molar-refractivity contribution in [2.45, 2.75) is 38.6 Å². The molecule has 0 heterocycles. The minimum Gasteiger partial charge on any atom is -0.370 e. The maximum Gasteiger partial charge on any atom is 0.0437 e. The Bertz CT molecular complexity index is 349. The van der Waals surface area contributed by atoms with Crippen LogP contribution in [0.3, 0.4) is 0 Å². The Kier molecular flexibility index (Phi) is 4.65. The lowest BCUT2D eigenvalue weighted by atomic mass is 9.78. The largest absolute Gasteiger partial charge is 0.370 e. The molecule has 0 aromatic heterocycles. The fraction of sp³-hybridized carbons (Fsp3) is 0.625. The topological polar surface area (TPSA) is 29.3 Å². The van der Waals surface area contributed by atoms with Crippen molar-refractivity contribution in [2.75, 3.05) is 18.5 Å². The number of para-hydroxylation sites is 1. The van der Waals surface area contributed by atoms with Crippen LogP contribution < -0.4 is 10.6 Å². The fourth-order valence-corrected chi connectivity index (χ4v) is 3.35. The number of nitrogens with two attached hydrogens (primary N) is 1. The molecule has 1 fully saturated rings. The Morgan fingerprint density at radius 1 is 1.28 bits per heavy atom. The molecule has 0 spiro atoms. The van der Waals surface area contributed by atoms with Crippen molar-refractivity contribution in [3.05, 3.63) is 30.3 Å². The molecule has 0 saturated heterocycles. The number of rotatable bonds is 4. The van der Waals surface area contributed by atoms with Crippen LogP contribution >= 0.6 is 0 Å². The number of nitrogens with zero attached hydrogens (tertiary/aromatic N) is 1. The number of hydrogen-bond acceptors (Lipinski definition) is 2. The molecule has 2 rings (SSSR count). The minimum absolute atomic E-state index is 0.482. The summed E-state index contributed by atoms with van der Waals surface area (Å²) in [7, 11) is 2.19. The molecule has 0 amide bonds. The van der Waals surface area contributed by atoms with Gasteiger partial charge in [-0.2, -0.15) is 0 Å². The first kappa shape index (κ1) is 13.4. The zero-order valence-corrected chi connectivity index (χ0v) is 11.7. The summed E-state index contributed by atoms with van der Waals surface area (Å²) in [5.74, 6) is 1.62. The van der Waals surface area contributed by atoms with Gasteiger partial charge in [0.15, 0.2) is 0 Å². The summed E-state index contributed by atoms with van der Waals surface area (Å²) in [4.78, 5) is 2.38. The Morgan fingerprint density at radius 3 is 2.61 bits per heavy atom. The van der Waals surface area contributed by atoms with E-state index in [1.165, 1.54) is 31.4 Å². The zero-order valence-electron chi connectivity index (χ0n) is 11.7. The maximum absolute atomic E-state index is 6.05. The second kappa shape index (κ2) is 6.24. The van der Waals surface area contributed by atoms with Crippen molar-refractivity contribution < 1.29 is 0 Å². The van der Waals surface area contributed by atoms with Gasteiger partial charge in [0.2, 0.25) is 0 Å². The zero-order chi connectivity index (χ0) is 13.0.